The standard InChI is InChI=1S/C12H9F5O2S/c13-20(14,15,16,17)10-7-5-9(6-8-10)19-12-4-2-1-3-11(12)18/h1-8,18H. The van der Waals surface area contributed by atoms with E-state index in [0.717, 1.165) is 12.1 Å². The smallest absolute Gasteiger partial charge is 0.310 e. The Hall–Kier alpha value is -1.96. The molecule has 0 spiro atoms. The Bertz CT molecular complexity index is 637. The third-order valence-corrected chi connectivity index (χ3v) is 3.53. The number of ether oxygens (including phenoxy) is 1. The highest BCUT2D eigenvalue weighted by Gasteiger charge is 2.65. The summed E-state index contributed by atoms with van der Waals surface area (Å²) < 4.78 is 67.5. The third-order valence-electron chi connectivity index (χ3n) is 2.36. The second-order valence-electron chi connectivity index (χ2n) is 4.01. The molecule has 0 aliphatic heterocycles. The van der Waals surface area contributed by atoms with Crippen LogP contribution in [0, 0.1) is 0 Å². The number of phenols is 1. The summed E-state index contributed by atoms with van der Waals surface area (Å²) in [5.74, 6) is -0.311. The van der Waals surface area contributed by atoms with Gasteiger partial charge in [0.15, 0.2) is 11.5 Å². The number of aromatic hydroxyl groups is 1. The van der Waals surface area contributed by atoms with Gasteiger partial charge in [-0.25, -0.2) is 0 Å². The van der Waals surface area contributed by atoms with Crippen molar-refractivity contribution in [1.29, 1.82) is 0 Å². The first-order valence-corrected chi connectivity index (χ1v) is 7.21. The van der Waals surface area contributed by atoms with E-state index in [0.29, 0.717) is 0 Å². The second-order valence-corrected chi connectivity index (χ2v) is 6.42. The Morgan fingerprint density at radius 2 is 1.35 bits per heavy atom. The summed E-state index contributed by atoms with van der Waals surface area (Å²) in [4.78, 5) is -1.99. The minimum absolute atomic E-state index is 0.00703. The first-order chi connectivity index (χ1) is 8.95. The highest BCUT2D eigenvalue weighted by molar-refractivity contribution is 8.45. The lowest BCUT2D eigenvalue weighted by atomic mass is 10.3. The second kappa shape index (κ2) is 3.78. The number of hydrogen-bond acceptors (Lipinski definition) is 2. The van der Waals surface area contributed by atoms with Gasteiger partial charge in [-0.2, -0.15) is 0 Å². The van der Waals surface area contributed by atoms with Crippen molar-refractivity contribution >= 4 is 10.2 Å². The van der Waals surface area contributed by atoms with E-state index in [1.165, 1.54) is 24.3 Å². The van der Waals surface area contributed by atoms with Crippen LogP contribution in [0.1, 0.15) is 0 Å². The molecule has 1 N–H and O–H groups in total. The Morgan fingerprint density at radius 1 is 0.800 bits per heavy atom. The SMILES string of the molecule is Oc1ccccc1Oc1ccc(S(F)(F)(F)(F)F)cc1. The monoisotopic (exact) mass is 312 g/mol. The maximum Gasteiger partial charge on any atom is 0.310 e. The van der Waals surface area contributed by atoms with E-state index < -0.39 is 15.1 Å². The van der Waals surface area contributed by atoms with Crippen LogP contribution < -0.4 is 4.74 Å². The first kappa shape index (κ1) is 14.4. The molecule has 0 atom stereocenters. The van der Waals surface area contributed by atoms with Crippen molar-refractivity contribution in [3.05, 3.63) is 48.5 Å². The highest BCUT2D eigenvalue weighted by Crippen LogP contribution is 3.02. The van der Waals surface area contributed by atoms with Crippen LogP contribution in [0.25, 0.3) is 0 Å². The topological polar surface area (TPSA) is 29.5 Å². The van der Waals surface area contributed by atoms with Gasteiger partial charge in [0, 0.05) is 0 Å². The predicted octanol–water partition coefficient (Wildman–Crippen LogP) is 5.84. The van der Waals surface area contributed by atoms with E-state index in [-0.39, 0.29) is 29.4 Å². The van der Waals surface area contributed by atoms with Crippen molar-refractivity contribution in [3.8, 4) is 17.2 Å². The molecule has 2 rings (SSSR count). The van der Waals surface area contributed by atoms with Gasteiger partial charge in [0.25, 0.3) is 0 Å². The third kappa shape index (κ3) is 3.32. The molecule has 0 unspecified atom stereocenters. The minimum atomic E-state index is -9.67. The van der Waals surface area contributed by atoms with Gasteiger partial charge in [0.1, 0.15) is 10.6 Å². The van der Waals surface area contributed by atoms with E-state index in [1.54, 1.807) is 0 Å². The molecule has 2 nitrogen and oxygen atoms in total. The number of benzene rings is 2. The fourth-order valence-electron chi connectivity index (χ4n) is 1.44. The van der Waals surface area contributed by atoms with Crippen LogP contribution in [-0.4, -0.2) is 5.11 Å². The Labute approximate surface area is 111 Å². The van der Waals surface area contributed by atoms with Crippen LogP contribution in [0.15, 0.2) is 53.4 Å². The number of phenolic OH excluding ortho intramolecular Hbond substituents is 1. The highest BCUT2D eigenvalue weighted by atomic mass is 32.5. The Kier molecular flexibility index (Phi) is 2.73. The summed E-state index contributed by atoms with van der Waals surface area (Å²) in [6.07, 6.45) is 0. The van der Waals surface area contributed by atoms with Crippen LogP contribution >= 0.6 is 10.2 Å². The fraction of sp³-hybridized carbons (Fsp3) is 0. The number of halogens is 5. The van der Waals surface area contributed by atoms with E-state index in [4.69, 9.17) is 4.74 Å². The zero-order valence-corrected chi connectivity index (χ0v) is 10.6. The maximum atomic E-state index is 12.5. The van der Waals surface area contributed by atoms with Crippen LogP contribution in [0.4, 0.5) is 19.4 Å². The first-order valence-electron chi connectivity index (χ1n) is 5.26. The number of rotatable bonds is 3. The summed E-state index contributed by atoms with van der Waals surface area (Å²) in [6, 6.07) is 7.79. The van der Waals surface area contributed by atoms with Crippen molar-refractivity contribution in [3.63, 3.8) is 0 Å². The van der Waals surface area contributed by atoms with Crippen LogP contribution in [0.2, 0.25) is 0 Å². The molecule has 0 saturated carbocycles. The molecule has 0 fully saturated rings. The molecule has 110 valence electrons. The summed E-state index contributed by atoms with van der Waals surface area (Å²) in [5.41, 5.74) is 0. The molecule has 0 radical (unpaired) electrons. The molecule has 0 aromatic heterocycles. The quantitative estimate of drug-likeness (QED) is 0.721. The molecule has 0 aliphatic rings. The van der Waals surface area contributed by atoms with Gasteiger partial charge in [-0.15, -0.1) is 0 Å². The van der Waals surface area contributed by atoms with Crippen molar-refractivity contribution in [2.45, 2.75) is 4.90 Å². The Balaban J connectivity index is 2.29. The van der Waals surface area contributed by atoms with Crippen LogP contribution in [-0.2, 0) is 0 Å². The van der Waals surface area contributed by atoms with E-state index >= 15 is 0 Å². The van der Waals surface area contributed by atoms with Gasteiger partial charge >= 0.3 is 10.2 Å². The lowest BCUT2D eigenvalue weighted by Gasteiger charge is -2.40. The molecule has 8 heteroatoms. The van der Waals surface area contributed by atoms with Gasteiger partial charge in [-0.1, -0.05) is 31.6 Å². The molecule has 2 aromatic rings. The molecule has 0 amide bonds. The maximum absolute atomic E-state index is 12.5. The minimum Gasteiger partial charge on any atom is -0.504 e. The molecular weight excluding hydrogens is 303 g/mol. The van der Waals surface area contributed by atoms with Crippen molar-refractivity contribution in [2.24, 2.45) is 0 Å². The molecule has 0 bridgehead atoms. The summed E-state index contributed by atoms with van der Waals surface area (Å²) in [5, 5.41) is 9.42. The van der Waals surface area contributed by atoms with Crippen LogP contribution in [0.5, 0.6) is 17.2 Å². The molecular formula is C12H9F5O2S. The largest absolute Gasteiger partial charge is 0.504 e. The molecule has 0 heterocycles. The number of para-hydroxylation sites is 2. The molecule has 0 saturated heterocycles. The summed E-state index contributed by atoms with van der Waals surface area (Å²) in [6.45, 7) is 0. The normalized spacial score (nSPS) is 15.2. The van der Waals surface area contributed by atoms with Gasteiger partial charge in [-0.05, 0) is 36.4 Å². The fourth-order valence-corrected chi connectivity index (χ4v) is 2.09. The summed E-state index contributed by atoms with van der Waals surface area (Å²) in [7, 11) is -9.67. The predicted molar refractivity (Wildman–Crippen MR) is 66.0 cm³/mol. The molecule has 2 aromatic carbocycles. The lowest BCUT2D eigenvalue weighted by Crippen LogP contribution is -2.05. The number of hydrogen-bond donors (Lipinski definition) is 1. The summed E-state index contributed by atoms with van der Waals surface area (Å²) >= 11 is 0. The van der Waals surface area contributed by atoms with Gasteiger partial charge in [0.05, 0.1) is 0 Å². The van der Waals surface area contributed by atoms with E-state index in [1.807, 2.05) is 0 Å². The zero-order chi connectivity index (χ0) is 15.1. The van der Waals surface area contributed by atoms with Gasteiger partial charge < -0.3 is 9.84 Å². The molecule has 0 aliphatic carbocycles. The van der Waals surface area contributed by atoms with Crippen molar-refractivity contribution in [1.82, 2.24) is 0 Å². The average Bonchev–Trinajstić information content (AvgIpc) is 2.30. The van der Waals surface area contributed by atoms with E-state index in [9.17, 15) is 24.5 Å². The van der Waals surface area contributed by atoms with Crippen LogP contribution in [0.3, 0.4) is 0 Å². The Morgan fingerprint density at radius 3 is 1.85 bits per heavy atom. The average molecular weight is 312 g/mol. The lowest BCUT2D eigenvalue weighted by molar-refractivity contribution is 0.363. The zero-order valence-electron chi connectivity index (χ0n) is 9.77. The van der Waals surface area contributed by atoms with E-state index in [2.05, 4.69) is 0 Å². The van der Waals surface area contributed by atoms with Gasteiger partial charge in [-0.3, -0.25) is 0 Å². The van der Waals surface area contributed by atoms with Crippen molar-refractivity contribution in [2.75, 3.05) is 0 Å². The van der Waals surface area contributed by atoms with Gasteiger partial charge in [0.2, 0.25) is 0 Å². The van der Waals surface area contributed by atoms with Crippen molar-refractivity contribution < 1.29 is 29.3 Å². The molecule has 20 heavy (non-hydrogen) atoms.